The molecular formula is C11H14BrN3O. The lowest BCUT2D eigenvalue weighted by molar-refractivity contribution is 0.0633. The third-order valence-corrected chi connectivity index (χ3v) is 3.74. The van der Waals surface area contributed by atoms with E-state index in [4.69, 9.17) is 4.74 Å². The van der Waals surface area contributed by atoms with Gasteiger partial charge in [-0.2, -0.15) is 0 Å². The predicted molar refractivity (Wildman–Crippen MR) is 66.8 cm³/mol. The molecule has 2 aliphatic heterocycles. The lowest BCUT2D eigenvalue weighted by Crippen LogP contribution is -2.51. The smallest absolute Gasteiger partial charge is 0.149 e. The second-order valence-corrected chi connectivity index (χ2v) is 5.34. The average Bonchev–Trinajstić information content (AvgIpc) is 2.31. The fraction of sp³-hybridized carbons (Fsp3) is 0.545. The van der Waals surface area contributed by atoms with Gasteiger partial charge in [-0.1, -0.05) is 0 Å². The molecule has 0 radical (unpaired) electrons. The quantitative estimate of drug-likeness (QED) is 0.767. The second-order valence-electron chi connectivity index (χ2n) is 4.42. The molecule has 0 unspecified atom stereocenters. The number of hydrogen-bond acceptors (Lipinski definition) is 4. The first-order valence-corrected chi connectivity index (χ1v) is 6.32. The van der Waals surface area contributed by atoms with Gasteiger partial charge in [-0.15, -0.1) is 0 Å². The van der Waals surface area contributed by atoms with Crippen molar-refractivity contribution in [2.45, 2.75) is 18.4 Å². The molecule has 16 heavy (non-hydrogen) atoms. The van der Waals surface area contributed by atoms with Gasteiger partial charge < -0.3 is 15.4 Å². The van der Waals surface area contributed by atoms with Crippen molar-refractivity contribution in [3.05, 3.63) is 16.7 Å². The summed E-state index contributed by atoms with van der Waals surface area (Å²) in [4.78, 5) is 4.41. The first kappa shape index (κ1) is 10.4. The maximum Gasteiger partial charge on any atom is 0.149 e. The van der Waals surface area contributed by atoms with E-state index in [-0.39, 0.29) is 5.54 Å². The Morgan fingerprint density at radius 1 is 1.38 bits per heavy atom. The van der Waals surface area contributed by atoms with E-state index in [9.17, 15) is 0 Å². The highest BCUT2D eigenvalue weighted by molar-refractivity contribution is 9.10. The molecule has 0 aromatic carbocycles. The molecule has 5 heteroatoms. The van der Waals surface area contributed by atoms with E-state index >= 15 is 0 Å². The standard InChI is InChI=1S/C11H14BrN3O/c12-8-5-9-10(13-6-8)15-11(7-14-9)1-3-16-4-2-11/h5-6,14H,1-4,7H2,(H,13,15). The van der Waals surface area contributed by atoms with Crippen LogP contribution in [0.2, 0.25) is 0 Å². The third kappa shape index (κ3) is 1.78. The zero-order chi connectivity index (χ0) is 11.0. The summed E-state index contributed by atoms with van der Waals surface area (Å²) in [7, 11) is 0. The Hall–Kier alpha value is -0.810. The molecule has 0 bridgehead atoms. The van der Waals surface area contributed by atoms with Crippen LogP contribution in [0.3, 0.4) is 0 Å². The van der Waals surface area contributed by atoms with Crippen molar-refractivity contribution in [2.24, 2.45) is 0 Å². The van der Waals surface area contributed by atoms with Crippen molar-refractivity contribution in [2.75, 3.05) is 30.4 Å². The van der Waals surface area contributed by atoms with E-state index in [1.165, 1.54) is 0 Å². The number of hydrogen-bond donors (Lipinski definition) is 2. The molecule has 1 aromatic heterocycles. The third-order valence-electron chi connectivity index (χ3n) is 3.31. The Kier molecular flexibility index (Phi) is 2.52. The number of anilines is 2. The number of nitrogens with zero attached hydrogens (tertiary/aromatic N) is 1. The first-order valence-electron chi connectivity index (χ1n) is 5.53. The minimum Gasteiger partial charge on any atom is -0.381 e. The van der Waals surface area contributed by atoms with Crippen LogP contribution in [0.5, 0.6) is 0 Å². The Morgan fingerprint density at radius 2 is 2.19 bits per heavy atom. The highest BCUT2D eigenvalue weighted by atomic mass is 79.9. The highest BCUT2D eigenvalue weighted by Gasteiger charge is 2.36. The maximum absolute atomic E-state index is 5.41. The van der Waals surface area contributed by atoms with Crippen LogP contribution in [0.1, 0.15) is 12.8 Å². The average molecular weight is 284 g/mol. The molecular weight excluding hydrogens is 270 g/mol. The van der Waals surface area contributed by atoms with Gasteiger partial charge in [0.25, 0.3) is 0 Å². The minimum absolute atomic E-state index is 0.131. The van der Waals surface area contributed by atoms with E-state index in [1.54, 1.807) is 0 Å². The molecule has 3 heterocycles. The molecule has 0 aliphatic carbocycles. The number of ether oxygens (including phenoxy) is 1. The number of pyridine rings is 1. The predicted octanol–water partition coefficient (Wildman–Crippen LogP) is 2.23. The van der Waals surface area contributed by atoms with Crippen LogP contribution < -0.4 is 10.6 Å². The lowest BCUT2D eigenvalue weighted by Gasteiger charge is -2.42. The highest BCUT2D eigenvalue weighted by Crippen LogP contribution is 2.34. The number of aromatic nitrogens is 1. The summed E-state index contributed by atoms with van der Waals surface area (Å²) in [6.07, 6.45) is 3.90. The fourth-order valence-corrected chi connectivity index (χ4v) is 2.63. The van der Waals surface area contributed by atoms with Gasteiger partial charge in [0.05, 0.1) is 11.2 Å². The van der Waals surface area contributed by atoms with Gasteiger partial charge in [-0.05, 0) is 34.8 Å². The molecule has 2 N–H and O–H groups in total. The molecule has 1 spiro atoms. The number of nitrogens with one attached hydrogen (secondary N) is 2. The summed E-state index contributed by atoms with van der Waals surface area (Å²) in [5.74, 6) is 0.955. The minimum atomic E-state index is 0.131. The molecule has 0 atom stereocenters. The first-order chi connectivity index (χ1) is 7.77. The van der Waals surface area contributed by atoms with Crippen LogP contribution in [0.4, 0.5) is 11.5 Å². The van der Waals surface area contributed by atoms with Crippen molar-refractivity contribution in [3.63, 3.8) is 0 Å². The van der Waals surface area contributed by atoms with Crippen molar-refractivity contribution >= 4 is 27.4 Å². The van der Waals surface area contributed by atoms with Crippen LogP contribution in [0, 0.1) is 0 Å². The number of halogens is 1. The van der Waals surface area contributed by atoms with Crippen LogP contribution in [-0.2, 0) is 4.74 Å². The van der Waals surface area contributed by atoms with Crippen molar-refractivity contribution in [1.29, 1.82) is 0 Å². The lowest BCUT2D eigenvalue weighted by atomic mass is 9.88. The van der Waals surface area contributed by atoms with Gasteiger partial charge in [0.2, 0.25) is 0 Å². The number of fused-ring (bicyclic) bond motifs is 1. The molecule has 0 amide bonds. The van der Waals surface area contributed by atoms with Crippen molar-refractivity contribution < 1.29 is 4.74 Å². The summed E-state index contributed by atoms with van der Waals surface area (Å²) in [6.45, 7) is 2.61. The fourth-order valence-electron chi connectivity index (χ4n) is 2.30. The molecule has 1 saturated heterocycles. The van der Waals surface area contributed by atoms with Gasteiger partial charge in [-0.25, -0.2) is 4.98 Å². The summed E-state index contributed by atoms with van der Waals surface area (Å²) in [6, 6.07) is 2.06. The van der Waals surface area contributed by atoms with E-state index in [2.05, 4.69) is 37.6 Å². The van der Waals surface area contributed by atoms with Gasteiger partial charge in [-0.3, -0.25) is 0 Å². The normalized spacial score (nSPS) is 22.1. The molecule has 1 fully saturated rings. The Morgan fingerprint density at radius 3 is 3.00 bits per heavy atom. The second kappa shape index (κ2) is 3.89. The zero-order valence-corrected chi connectivity index (χ0v) is 10.5. The largest absolute Gasteiger partial charge is 0.381 e. The van der Waals surface area contributed by atoms with Crippen LogP contribution in [0.25, 0.3) is 0 Å². The Bertz CT molecular complexity index is 404. The summed E-state index contributed by atoms with van der Waals surface area (Å²) in [5, 5.41) is 7.02. The molecule has 4 nitrogen and oxygen atoms in total. The SMILES string of the molecule is Brc1cnc2c(c1)NCC1(CCOCC1)N2. The van der Waals surface area contributed by atoms with Crippen LogP contribution in [0.15, 0.2) is 16.7 Å². The topological polar surface area (TPSA) is 46.2 Å². The molecule has 1 aromatic rings. The van der Waals surface area contributed by atoms with E-state index in [0.717, 1.165) is 48.6 Å². The van der Waals surface area contributed by atoms with Crippen molar-refractivity contribution in [1.82, 2.24) is 4.98 Å². The summed E-state index contributed by atoms with van der Waals surface area (Å²) < 4.78 is 6.41. The Balaban J connectivity index is 1.88. The maximum atomic E-state index is 5.41. The number of rotatable bonds is 0. The summed E-state index contributed by atoms with van der Waals surface area (Å²) in [5.41, 5.74) is 1.21. The molecule has 3 rings (SSSR count). The van der Waals surface area contributed by atoms with Gasteiger partial charge in [0.15, 0.2) is 0 Å². The van der Waals surface area contributed by atoms with Gasteiger partial charge >= 0.3 is 0 Å². The zero-order valence-electron chi connectivity index (χ0n) is 8.92. The van der Waals surface area contributed by atoms with E-state index in [1.807, 2.05) is 6.20 Å². The monoisotopic (exact) mass is 283 g/mol. The molecule has 0 saturated carbocycles. The van der Waals surface area contributed by atoms with Gasteiger partial charge in [0.1, 0.15) is 5.82 Å². The van der Waals surface area contributed by atoms with Gasteiger partial charge in [0, 0.05) is 30.4 Å². The van der Waals surface area contributed by atoms with Crippen LogP contribution >= 0.6 is 15.9 Å². The van der Waals surface area contributed by atoms with E-state index in [0.29, 0.717) is 0 Å². The molecule has 86 valence electrons. The summed E-state index contributed by atoms with van der Waals surface area (Å²) >= 11 is 3.43. The van der Waals surface area contributed by atoms with E-state index < -0.39 is 0 Å². The Labute approximate surface area is 103 Å². The van der Waals surface area contributed by atoms with Crippen LogP contribution in [-0.4, -0.2) is 30.3 Å². The van der Waals surface area contributed by atoms with Crippen molar-refractivity contribution in [3.8, 4) is 0 Å². The molecule has 2 aliphatic rings.